The lowest BCUT2D eigenvalue weighted by atomic mass is 9.99. The predicted molar refractivity (Wildman–Crippen MR) is 127 cm³/mol. The first-order chi connectivity index (χ1) is 16.9. The first kappa shape index (κ1) is 26.8. The fourth-order valence-corrected chi connectivity index (χ4v) is 3.32. The first-order valence-electron chi connectivity index (χ1n) is 10.9. The van der Waals surface area contributed by atoms with Crippen molar-refractivity contribution in [1.82, 2.24) is 30.9 Å². The average molecular weight is 523 g/mol. The van der Waals surface area contributed by atoms with Crippen LogP contribution in [0.2, 0.25) is 5.02 Å². The normalized spacial score (nSPS) is 11.2. The third-order valence-electron chi connectivity index (χ3n) is 4.63. The number of amides is 3. The molecule has 0 spiro atoms. The topological polar surface area (TPSA) is 122 Å². The molecule has 0 aliphatic heterocycles. The van der Waals surface area contributed by atoms with Crippen LogP contribution in [0.15, 0.2) is 28.9 Å². The minimum absolute atomic E-state index is 0.0226. The Bertz CT molecular complexity index is 1280. The van der Waals surface area contributed by atoms with Crippen LogP contribution in [0.1, 0.15) is 39.3 Å². The molecule has 0 aliphatic rings. The molecule has 0 atom stereocenters. The average Bonchev–Trinajstić information content (AvgIpc) is 3.20. The molecule has 3 rings (SSSR count). The van der Waals surface area contributed by atoms with Crippen molar-refractivity contribution in [2.24, 2.45) is 0 Å². The van der Waals surface area contributed by atoms with Crippen LogP contribution in [-0.2, 0) is 11.3 Å². The van der Waals surface area contributed by atoms with Crippen molar-refractivity contribution in [3.8, 4) is 22.5 Å². The summed E-state index contributed by atoms with van der Waals surface area (Å²) in [7, 11) is 0. The van der Waals surface area contributed by atoms with Crippen LogP contribution in [0.4, 0.5) is 18.4 Å². The summed E-state index contributed by atoms with van der Waals surface area (Å²) >= 11 is 6.03. The van der Waals surface area contributed by atoms with E-state index in [1.165, 1.54) is 12.3 Å². The highest BCUT2D eigenvalue weighted by Gasteiger charge is 2.22. The van der Waals surface area contributed by atoms with Gasteiger partial charge in [-0.15, -0.1) is 0 Å². The molecule has 3 amide bonds. The first-order valence-corrected chi connectivity index (χ1v) is 11.2. The number of aromatic nitrogens is 3. The molecule has 0 aliphatic carbocycles. The summed E-state index contributed by atoms with van der Waals surface area (Å²) in [4.78, 5) is 32.5. The van der Waals surface area contributed by atoms with Crippen LogP contribution in [0, 0.1) is 18.6 Å². The zero-order chi connectivity index (χ0) is 26.6. The Morgan fingerprint density at radius 1 is 1.19 bits per heavy atom. The lowest BCUT2D eigenvalue weighted by molar-refractivity contribution is 0.0383. The zero-order valence-corrected chi connectivity index (χ0v) is 21.0. The monoisotopic (exact) mass is 522 g/mol. The highest BCUT2D eigenvalue weighted by atomic mass is 35.5. The van der Waals surface area contributed by atoms with Crippen molar-refractivity contribution in [1.29, 1.82) is 0 Å². The zero-order valence-electron chi connectivity index (χ0n) is 20.3. The minimum atomic E-state index is -0.811. The molecule has 2 aromatic heterocycles. The SMILES string of the molecule is CCN(NC(=O)OC(C)(C)C)C(=O)NCc1ncc(-c2cc(Cl)cc(F)c2-c2noc(C)n2)cc1F. The van der Waals surface area contributed by atoms with Crippen LogP contribution in [-0.4, -0.2) is 44.4 Å². The Morgan fingerprint density at radius 3 is 2.50 bits per heavy atom. The van der Waals surface area contributed by atoms with Gasteiger partial charge in [-0.3, -0.25) is 4.98 Å². The quantitative estimate of drug-likeness (QED) is 0.451. The maximum atomic E-state index is 14.9. The van der Waals surface area contributed by atoms with Gasteiger partial charge in [0.1, 0.15) is 17.2 Å². The standard InChI is InChI=1S/C23H25ClF2N6O4/c1-6-32(30-22(34)35-23(3,4)5)21(33)28-11-18-16(25)7-13(10-27-18)15-8-14(24)9-17(26)19(15)20-29-12(2)36-31-20/h7-10H,6,11H2,1-5H3,(H,28,33)(H,30,34). The van der Waals surface area contributed by atoms with Gasteiger partial charge in [0.15, 0.2) is 0 Å². The highest BCUT2D eigenvalue weighted by molar-refractivity contribution is 6.31. The molecule has 10 nitrogen and oxygen atoms in total. The molecule has 0 unspecified atom stereocenters. The fourth-order valence-electron chi connectivity index (χ4n) is 3.11. The third-order valence-corrected chi connectivity index (χ3v) is 4.85. The van der Waals surface area contributed by atoms with Crippen LogP contribution in [0.3, 0.4) is 0 Å². The van der Waals surface area contributed by atoms with Crippen LogP contribution in [0.25, 0.3) is 22.5 Å². The number of halogens is 3. The largest absolute Gasteiger partial charge is 0.443 e. The molecule has 0 fully saturated rings. The van der Waals surface area contributed by atoms with Gasteiger partial charge in [0.2, 0.25) is 11.7 Å². The van der Waals surface area contributed by atoms with Gasteiger partial charge in [-0.1, -0.05) is 16.8 Å². The van der Waals surface area contributed by atoms with E-state index in [1.54, 1.807) is 34.6 Å². The number of carbonyl (C=O) groups is 2. The summed E-state index contributed by atoms with van der Waals surface area (Å²) in [5.41, 5.74) is 1.88. The number of nitrogens with zero attached hydrogens (tertiary/aromatic N) is 4. The highest BCUT2D eigenvalue weighted by Crippen LogP contribution is 2.35. The molecular weight excluding hydrogens is 498 g/mol. The molecule has 2 N–H and O–H groups in total. The number of nitrogens with one attached hydrogen (secondary N) is 2. The van der Waals surface area contributed by atoms with Crippen LogP contribution in [0.5, 0.6) is 0 Å². The summed E-state index contributed by atoms with van der Waals surface area (Å²) in [5, 5.41) is 7.28. The number of rotatable bonds is 5. The van der Waals surface area contributed by atoms with E-state index in [4.69, 9.17) is 20.9 Å². The number of hydrogen-bond acceptors (Lipinski definition) is 7. The second kappa shape index (κ2) is 10.9. The molecule has 0 bridgehead atoms. The lowest BCUT2D eigenvalue weighted by Crippen LogP contribution is -2.51. The minimum Gasteiger partial charge on any atom is -0.443 e. The van der Waals surface area contributed by atoms with Crippen molar-refractivity contribution in [2.75, 3.05) is 6.54 Å². The van der Waals surface area contributed by atoms with Crippen LogP contribution >= 0.6 is 11.6 Å². The van der Waals surface area contributed by atoms with Gasteiger partial charge in [-0.05, 0) is 51.5 Å². The van der Waals surface area contributed by atoms with E-state index in [0.717, 1.165) is 17.1 Å². The molecule has 0 saturated heterocycles. The number of ether oxygens (including phenoxy) is 1. The number of pyridine rings is 1. The van der Waals surface area contributed by atoms with Gasteiger partial charge < -0.3 is 14.6 Å². The number of urea groups is 1. The summed E-state index contributed by atoms with van der Waals surface area (Å²) in [6, 6.07) is 2.96. The van der Waals surface area contributed by atoms with Gasteiger partial charge in [0.05, 0.1) is 17.8 Å². The second-order valence-electron chi connectivity index (χ2n) is 8.62. The number of hydrazine groups is 1. The smallest absolute Gasteiger partial charge is 0.426 e. The molecule has 0 saturated carbocycles. The molecule has 13 heteroatoms. The Labute approximate surface area is 211 Å². The number of hydrogen-bond donors (Lipinski definition) is 2. The van der Waals surface area contributed by atoms with E-state index in [1.807, 2.05) is 0 Å². The molecule has 36 heavy (non-hydrogen) atoms. The summed E-state index contributed by atoms with van der Waals surface area (Å²) in [5.74, 6) is -1.27. The van der Waals surface area contributed by atoms with Gasteiger partial charge >= 0.3 is 12.1 Å². The van der Waals surface area contributed by atoms with E-state index in [2.05, 4.69) is 25.9 Å². The number of benzene rings is 1. The molecule has 1 aromatic carbocycles. The van der Waals surface area contributed by atoms with Crippen molar-refractivity contribution in [3.63, 3.8) is 0 Å². The maximum Gasteiger partial charge on any atom is 0.426 e. The summed E-state index contributed by atoms with van der Waals surface area (Å²) < 4.78 is 39.7. The van der Waals surface area contributed by atoms with E-state index >= 15 is 0 Å². The van der Waals surface area contributed by atoms with E-state index in [0.29, 0.717) is 0 Å². The van der Waals surface area contributed by atoms with Crippen molar-refractivity contribution < 1.29 is 27.6 Å². The molecule has 0 radical (unpaired) electrons. The van der Waals surface area contributed by atoms with Gasteiger partial charge in [0, 0.05) is 30.3 Å². The van der Waals surface area contributed by atoms with E-state index < -0.39 is 29.4 Å². The van der Waals surface area contributed by atoms with Crippen LogP contribution < -0.4 is 10.7 Å². The Kier molecular flexibility index (Phi) is 8.08. The fraction of sp³-hybridized carbons (Fsp3) is 0.348. The Hall–Kier alpha value is -3.80. The Morgan fingerprint density at radius 2 is 1.92 bits per heavy atom. The van der Waals surface area contributed by atoms with Crippen molar-refractivity contribution in [2.45, 2.75) is 46.8 Å². The number of carbonyl (C=O) groups excluding carboxylic acids is 2. The van der Waals surface area contributed by atoms with Crippen molar-refractivity contribution in [3.05, 3.63) is 52.6 Å². The second-order valence-corrected chi connectivity index (χ2v) is 9.05. The van der Waals surface area contributed by atoms with Gasteiger partial charge in [-0.25, -0.2) is 28.8 Å². The molecule has 2 heterocycles. The summed E-state index contributed by atoms with van der Waals surface area (Å²) in [6.07, 6.45) is 0.498. The van der Waals surface area contributed by atoms with E-state index in [9.17, 15) is 18.4 Å². The van der Waals surface area contributed by atoms with Gasteiger partial charge in [-0.2, -0.15) is 4.98 Å². The lowest BCUT2D eigenvalue weighted by Gasteiger charge is -2.25. The third kappa shape index (κ3) is 6.66. The molecule has 3 aromatic rings. The summed E-state index contributed by atoms with van der Waals surface area (Å²) in [6.45, 7) is 8.09. The number of aryl methyl sites for hydroxylation is 1. The van der Waals surface area contributed by atoms with E-state index in [-0.39, 0.29) is 52.2 Å². The molecule has 192 valence electrons. The van der Waals surface area contributed by atoms with Crippen molar-refractivity contribution >= 4 is 23.7 Å². The maximum absolute atomic E-state index is 14.9. The Balaban J connectivity index is 1.77. The molecular formula is C23H25ClF2N6O4. The predicted octanol–water partition coefficient (Wildman–Crippen LogP) is 5.01. The van der Waals surface area contributed by atoms with Gasteiger partial charge in [0.25, 0.3) is 0 Å².